The van der Waals surface area contributed by atoms with Crippen molar-refractivity contribution in [2.45, 2.75) is 37.1 Å². The van der Waals surface area contributed by atoms with E-state index in [0.717, 1.165) is 37.4 Å². The van der Waals surface area contributed by atoms with Crippen molar-refractivity contribution in [1.82, 2.24) is 20.1 Å². The highest BCUT2D eigenvalue weighted by Crippen LogP contribution is 2.24. The lowest BCUT2D eigenvalue weighted by molar-refractivity contribution is -0.131. The predicted octanol–water partition coefficient (Wildman–Crippen LogP) is 3.71. The molecule has 1 aliphatic rings. The van der Waals surface area contributed by atoms with Gasteiger partial charge in [0.2, 0.25) is 11.1 Å². The molecule has 2 heterocycles. The number of benzene rings is 1. The van der Waals surface area contributed by atoms with Crippen LogP contribution in [0.3, 0.4) is 0 Å². The van der Waals surface area contributed by atoms with Gasteiger partial charge in [-0.05, 0) is 37.3 Å². The van der Waals surface area contributed by atoms with Gasteiger partial charge < -0.3 is 4.90 Å². The molecular formula is C19H24N4OS. The fraction of sp³-hybridized carbons (Fsp3) is 0.421. The molecule has 1 aromatic carbocycles. The smallest absolute Gasteiger partial charge is 0.235 e. The zero-order valence-corrected chi connectivity index (χ0v) is 15.5. The summed E-state index contributed by atoms with van der Waals surface area (Å²) < 4.78 is 0. The molecule has 1 saturated heterocycles. The van der Waals surface area contributed by atoms with Crippen molar-refractivity contribution in [2.75, 3.05) is 13.1 Å². The van der Waals surface area contributed by atoms with Crippen molar-refractivity contribution in [2.24, 2.45) is 5.92 Å². The molecule has 0 spiro atoms. The van der Waals surface area contributed by atoms with E-state index in [0.29, 0.717) is 11.0 Å². The van der Waals surface area contributed by atoms with Gasteiger partial charge in [0.1, 0.15) is 5.82 Å². The maximum Gasteiger partial charge on any atom is 0.235 e. The highest BCUT2D eigenvalue weighted by atomic mass is 32.2. The third kappa shape index (κ3) is 4.95. The number of H-pyrrole nitrogens is 1. The van der Waals surface area contributed by atoms with Crippen LogP contribution in [-0.4, -0.2) is 44.3 Å². The van der Waals surface area contributed by atoms with Crippen LogP contribution in [0.5, 0.6) is 0 Å². The molecule has 1 unspecified atom stereocenters. The van der Waals surface area contributed by atoms with E-state index in [9.17, 15) is 4.79 Å². The Kier molecular flexibility index (Phi) is 5.91. The molecular weight excluding hydrogens is 332 g/mol. The monoisotopic (exact) mass is 356 g/mol. The standard InChI is InChI=1S/C19H24N4OS/c1-14-10-12-23(13-11-14)18(24)15(2)25-19-20-17(21-22-19)9-8-16-6-4-3-5-7-16/h3-9,14-15H,10-13H2,1-2H3,(H,20,21,22)/b9-8+. The Labute approximate surface area is 152 Å². The van der Waals surface area contributed by atoms with E-state index in [4.69, 9.17) is 0 Å². The lowest BCUT2D eigenvalue weighted by Gasteiger charge is -2.31. The largest absolute Gasteiger partial charge is 0.342 e. The van der Waals surface area contributed by atoms with Crippen LogP contribution in [0.25, 0.3) is 12.2 Å². The molecule has 1 atom stereocenters. The average Bonchev–Trinajstić information content (AvgIpc) is 3.08. The molecule has 1 N–H and O–H groups in total. The van der Waals surface area contributed by atoms with E-state index < -0.39 is 0 Å². The molecule has 2 aromatic rings. The summed E-state index contributed by atoms with van der Waals surface area (Å²) in [6, 6.07) is 10.0. The summed E-state index contributed by atoms with van der Waals surface area (Å²) >= 11 is 1.41. The number of aromatic nitrogens is 3. The molecule has 25 heavy (non-hydrogen) atoms. The molecule has 1 amide bonds. The van der Waals surface area contributed by atoms with E-state index in [-0.39, 0.29) is 11.2 Å². The fourth-order valence-electron chi connectivity index (χ4n) is 2.82. The zero-order chi connectivity index (χ0) is 17.6. The van der Waals surface area contributed by atoms with E-state index in [1.54, 1.807) is 0 Å². The minimum absolute atomic E-state index is 0.171. The van der Waals surface area contributed by atoms with E-state index in [1.165, 1.54) is 11.8 Å². The number of rotatable bonds is 5. The molecule has 3 rings (SSSR count). The maximum absolute atomic E-state index is 12.6. The summed E-state index contributed by atoms with van der Waals surface area (Å²) in [5.41, 5.74) is 1.11. The Morgan fingerprint density at radius 3 is 2.72 bits per heavy atom. The van der Waals surface area contributed by atoms with Gasteiger partial charge in [0.25, 0.3) is 0 Å². The van der Waals surface area contributed by atoms with Crippen LogP contribution in [0.1, 0.15) is 38.1 Å². The van der Waals surface area contributed by atoms with Crippen LogP contribution in [-0.2, 0) is 4.79 Å². The molecule has 0 saturated carbocycles. The maximum atomic E-state index is 12.6. The number of carbonyl (C=O) groups excluding carboxylic acids is 1. The average molecular weight is 356 g/mol. The Morgan fingerprint density at radius 1 is 1.28 bits per heavy atom. The van der Waals surface area contributed by atoms with Gasteiger partial charge >= 0.3 is 0 Å². The van der Waals surface area contributed by atoms with Crippen molar-refractivity contribution in [3.8, 4) is 0 Å². The van der Waals surface area contributed by atoms with Crippen molar-refractivity contribution in [3.63, 3.8) is 0 Å². The van der Waals surface area contributed by atoms with E-state index in [1.807, 2.05) is 54.3 Å². The first-order valence-electron chi connectivity index (χ1n) is 8.73. The molecule has 6 heteroatoms. The zero-order valence-electron chi connectivity index (χ0n) is 14.7. The van der Waals surface area contributed by atoms with Crippen molar-refractivity contribution < 1.29 is 4.79 Å². The first-order valence-corrected chi connectivity index (χ1v) is 9.61. The van der Waals surface area contributed by atoms with E-state index >= 15 is 0 Å². The topological polar surface area (TPSA) is 61.9 Å². The molecule has 0 bridgehead atoms. The summed E-state index contributed by atoms with van der Waals surface area (Å²) in [4.78, 5) is 19.0. The number of nitrogens with zero attached hydrogens (tertiary/aromatic N) is 3. The van der Waals surface area contributed by atoms with Crippen LogP contribution in [0.15, 0.2) is 35.5 Å². The van der Waals surface area contributed by atoms with Crippen molar-refractivity contribution in [1.29, 1.82) is 0 Å². The Morgan fingerprint density at radius 2 is 2.00 bits per heavy atom. The quantitative estimate of drug-likeness (QED) is 0.830. The lowest BCUT2D eigenvalue weighted by atomic mass is 9.99. The second kappa shape index (κ2) is 8.34. The number of carbonyl (C=O) groups is 1. The first kappa shape index (κ1) is 17.7. The molecule has 1 fully saturated rings. The van der Waals surface area contributed by atoms with Crippen LogP contribution in [0, 0.1) is 5.92 Å². The highest BCUT2D eigenvalue weighted by Gasteiger charge is 2.25. The first-order chi connectivity index (χ1) is 12.1. The van der Waals surface area contributed by atoms with Crippen LogP contribution >= 0.6 is 11.8 Å². The van der Waals surface area contributed by atoms with Crippen LogP contribution in [0.2, 0.25) is 0 Å². The van der Waals surface area contributed by atoms with Gasteiger partial charge in [0.05, 0.1) is 5.25 Å². The minimum atomic E-state index is -0.171. The van der Waals surface area contributed by atoms with Crippen LogP contribution < -0.4 is 0 Å². The third-order valence-electron chi connectivity index (χ3n) is 4.44. The van der Waals surface area contributed by atoms with Gasteiger partial charge in [-0.15, -0.1) is 5.10 Å². The lowest BCUT2D eigenvalue weighted by Crippen LogP contribution is -2.41. The Balaban J connectivity index is 1.55. The Hall–Kier alpha value is -2.08. The Bertz CT molecular complexity index is 720. The van der Waals surface area contributed by atoms with Crippen LogP contribution in [0.4, 0.5) is 0 Å². The van der Waals surface area contributed by atoms with Gasteiger partial charge in [0.15, 0.2) is 0 Å². The number of amides is 1. The summed E-state index contributed by atoms with van der Waals surface area (Å²) in [6.07, 6.45) is 6.07. The molecule has 1 aliphatic heterocycles. The predicted molar refractivity (Wildman–Crippen MR) is 102 cm³/mol. The normalized spacial score (nSPS) is 17.1. The second-order valence-corrected chi connectivity index (χ2v) is 7.82. The molecule has 5 nitrogen and oxygen atoms in total. The summed E-state index contributed by atoms with van der Waals surface area (Å²) in [5, 5.41) is 7.56. The molecule has 0 aliphatic carbocycles. The summed E-state index contributed by atoms with van der Waals surface area (Å²) in [5.74, 6) is 1.60. The van der Waals surface area contributed by atoms with Gasteiger partial charge in [-0.3, -0.25) is 9.89 Å². The number of likely N-dealkylation sites (tertiary alicyclic amines) is 1. The van der Waals surface area contributed by atoms with Crippen molar-refractivity contribution >= 4 is 29.8 Å². The van der Waals surface area contributed by atoms with Gasteiger partial charge in [-0.2, -0.15) is 0 Å². The molecule has 1 aromatic heterocycles. The minimum Gasteiger partial charge on any atom is -0.342 e. The van der Waals surface area contributed by atoms with Gasteiger partial charge in [0, 0.05) is 13.1 Å². The number of piperidine rings is 1. The molecule has 132 valence electrons. The number of nitrogens with one attached hydrogen (secondary N) is 1. The van der Waals surface area contributed by atoms with Gasteiger partial charge in [-0.1, -0.05) is 55.1 Å². The number of aromatic amines is 1. The van der Waals surface area contributed by atoms with Crippen molar-refractivity contribution in [3.05, 3.63) is 41.7 Å². The fourth-order valence-corrected chi connectivity index (χ4v) is 3.63. The third-order valence-corrected chi connectivity index (χ3v) is 5.39. The number of hydrogen-bond donors (Lipinski definition) is 1. The highest BCUT2D eigenvalue weighted by molar-refractivity contribution is 8.00. The SMILES string of the molecule is CC1CCN(C(=O)C(C)Sc2n[nH]c(/C=C/c3ccccc3)n2)CC1. The number of hydrogen-bond acceptors (Lipinski definition) is 4. The summed E-state index contributed by atoms with van der Waals surface area (Å²) in [6.45, 7) is 5.91. The van der Waals surface area contributed by atoms with E-state index in [2.05, 4.69) is 22.1 Å². The molecule has 0 radical (unpaired) electrons. The second-order valence-electron chi connectivity index (χ2n) is 6.52. The summed E-state index contributed by atoms with van der Waals surface area (Å²) in [7, 11) is 0. The van der Waals surface area contributed by atoms with Gasteiger partial charge in [-0.25, -0.2) is 4.98 Å². The number of thioether (sulfide) groups is 1.